The fraction of sp³-hybridized carbons (Fsp3) is 0.429. The Morgan fingerprint density at radius 3 is 2.58 bits per heavy atom. The minimum Gasteiger partial charge on any atom is -0.479 e. The van der Waals surface area contributed by atoms with E-state index >= 15 is 0 Å². The first kappa shape index (κ1) is 13.4. The molecule has 1 N–H and O–H groups in total. The second-order valence-electron chi connectivity index (χ2n) is 4.54. The Kier molecular flexibility index (Phi) is 4.78. The van der Waals surface area contributed by atoms with Crippen molar-refractivity contribution < 1.29 is 14.7 Å². The predicted octanol–water partition coefficient (Wildman–Crippen LogP) is 2.11. The lowest BCUT2D eigenvalue weighted by molar-refractivity contribution is -0.142. The van der Waals surface area contributed by atoms with Crippen LogP contribution in [0.2, 0.25) is 0 Å². The van der Waals surface area contributed by atoms with Crippen molar-refractivity contribution in [2.75, 3.05) is 24.6 Å². The van der Waals surface area contributed by atoms with Crippen LogP contribution in [0.25, 0.3) is 0 Å². The summed E-state index contributed by atoms with van der Waals surface area (Å²) in [6, 6.07) is 8.03. The number of piperidine rings is 1. The number of nitrogens with zero attached hydrogens (tertiary/aromatic N) is 2. The van der Waals surface area contributed by atoms with E-state index in [-0.39, 0.29) is 0 Å². The lowest BCUT2D eigenvalue weighted by atomic mass is 10.1. The number of carbonyl (C=O) groups is 1. The van der Waals surface area contributed by atoms with Crippen LogP contribution in [0.1, 0.15) is 24.8 Å². The van der Waals surface area contributed by atoms with Gasteiger partial charge in [-0.1, -0.05) is 17.3 Å². The van der Waals surface area contributed by atoms with Crippen LogP contribution in [0.4, 0.5) is 5.69 Å². The molecule has 1 aliphatic heterocycles. The Bertz CT molecular complexity index is 437. The molecule has 0 atom stereocenters. The molecule has 0 saturated carbocycles. The Balaban J connectivity index is 1.88. The van der Waals surface area contributed by atoms with Gasteiger partial charge in [0, 0.05) is 18.8 Å². The maximum absolute atomic E-state index is 10.2. The molecule has 0 spiro atoms. The van der Waals surface area contributed by atoms with E-state index in [1.165, 1.54) is 31.2 Å². The molecule has 1 fully saturated rings. The zero-order valence-corrected chi connectivity index (χ0v) is 10.8. The van der Waals surface area contributed by atoms with Gasteiger partial charge in [0.25, 0.3) is 0 Å². The maximum atomic E-state index is 10.2. The second kappa shape index (κ2) is 6.78. The van der Waals surface area contributed by atoms with Gasteiger partial charge in [-0.15, -0.1) is 0 Å². The summed E-state index contributed by atoms with van der Waals surface area (Å²) in [6.07, 6.45) is 5.35. The number of aliphatic carboxylic acids is 1. The highest BCUT2D eigenvalue weighted by atomic mass is 16.6. The zero-order chi connectivity index (χ0) is 13.5. The third-order valence-electron chi connectivity index (χ3n) is 3.08. The number of carboxylic acid groups (broad SMARTS) is 1. The molecule has 5 heteroatoms. The number of hydrogen-bond donors (Lipinski definition) is 1. The molecular formula is C14H18N2O3. The summed E-state index contributed by atoms with van der Waals surface area (Å²) in [7, 11) is 0. The quantitative estimate of drug-likeness (QED) is 0.652. The Morgan fingerprint density at radius 2 is 1.95 bits per heavy atom. The molecule has 0 radical (unpaired) electrons. The van der Waals surface area contributed by atoms with Crippen LogP contribution in [0, 0.1) is 0 Å². The van der Waals surface area contributed by atoms with Crippen LogP contribution >= 0.6 is 0 Å². The largest absolute Gasteiger partial charge is 0.479 e. The van der Waals surface area contributed by atoms with Crippen molar-refractivity contribution in [3.05, 3.63) is 29.8 Å². The highest BCUT2D eigenvalue weighted by molar-refractivity contribution is 5.80. The minimum absolute atomic E-state index is 0.414. The van der Waals surface area contributed by atoms with Gasteiger partial charge in [-0.25, -0.2) is 4.79 Å². The Morgan fingerprint density at radius 1 is 1.26 bits per heavy atom. The van der Waals surface area contributed by atoms with Gasteiger partial charge in [0.05, 0.1) is 6.21 Å². The van der Waals surface area contributed by atoms with Crippen molar-refractivity contribution in [2.24, 2.45) is 5.16 Å². The van der Waals surface area contributed by atoms with Crippen LogP contribution in [0.5, 0.6) is 0 Å². The van der Waals surface area contributed by atoms with Crippen molar-refractivity contribution in [1.82, 2.24) is 0 Å². The molecule has 1 heterocycles. The molecule has 0 aliphatic carbocycles. The number of rotatable bonds is 5. The molecule has 1 saturated heterocycles. The number of anilines is 1. The average Bonchev–Trinajstić information content (AvgIpc) is 2.45. The van der Waals surface area contributed by atoms with Crippen LogP contribution in [0.3, 0.4) is 0 Å². The molecule has 1 aliphatic rings. The number of carboxylic acids is 1. The molecular weight excluding hydrogens is 244 g/mol. The van der Waals surface area contributed by atoms with Gasteiger partial charge < -0.3 is 14.8 Å². The van der Waals surface area contributed by atoms with E-state index in [0.717, 1.165) is 18.7 Å². The van der Waals surface area contributed by atoms with Crippen molar-refractivity contribution in [2.45, 2.75) is 19.3 Å². The standard InChI is InChI=1S/C14H18N2O3/c17-14(18)11-19-15-10-12-4-6-13(7-5-12)16-8-2-1-3-9-16/h4-7,10H,1-3,8-9,11H2,(H,17,18). The lowest BCUT2D eigenvalue weighted by Crippen LogP contribution is -2.29. The molecule has 1 aromatic carbocycles. The van der Waals surface area contributed by atoms with Crippen LogP contribution in [-0.2, 0) is 9.63 Å². The third-order valence-corrected chi connectivity index (χ3v) is 3.08. The van der Waals surface area contributed by atoms with Crippen molar-refractivity contribution in [3.63, 3.8) is 0 Å². The first-order valence-corrected chi connectivity index (χ1v) is 6.48. The molecule has 0 bridgehead atoms. The molecule has 5 nitrogen and oxygen atoms in total. The summed E-state index contributed by atoms with van der Waals surface area (Å²) < 4.78 is 0. The molecule has 102 valence electrons. The highest BCUT2D eigenvalue weighted by Gasteiger charge is 2.10. The van der Waals surface area contributed by atoms with E-state index in [4.69, 9.17) is 5.11 Å². The first-order valence-electron chi connectivity index (χ1n) is 6.48. The van der Waals surface area contributed by atoms with Crippen LogP contribution in [-0.4, -0.2) is 37.0 Å². The van der Waals surface area contributed by atoms with E-state index in [1.54, 1.807) is 0 Å². The second-order valence-corrected chi connectivity index (χ2v) is 4.54. The van der Waals surface area contributed by atoms with Crippen LogP contribution < -0.4 is 4.90 Å². The smallest absolute Gasteiger partial charge is 0.344 e. The van der Waals surface area contributed by atoms with E-state index in [1.807, 2.05) is 12.1 Å². The summed E-state index contributed by atoms with van der Waals surface area (Å²) in [5, 5.41) is 12.0. The monoisotopic (exact) mass is 262 g/mol. The minimum atomic E-state index is -1.03. The molecule has 1 aromatic rings. The first-order chi connectivity index (χ1) is 9.25. The van der Waals surface area contributed by atoms with Gasteiger partial charge in [0.2, 0.25) is 6.61 Å². The fourth-order valence-corrected chi connectivity index (χ4v) is 2.11. The fourth-order valence-electron chi connectivity index (χ4n) is 2.11. The molecule has 0 amide bonds. The van der Waals surface area contributed by atoms with Gasteiger partial charge in [0.15, 0.2) is 0 Å². The summed E-state index contributed by atoms with van der Waals surface area (Å²) in [6.45, 7) is 1.83. The number of hydrogen-bond acceptors (Lipinski definition) is 4. The average molecular weight is 262 g/mol. The summed E-state index contributed by atoms with van der Waals surface area (Å²) in [5.41, 5.74) is 2.12. The lowest BCUT2D eigenvalue weighted by Gasteiger charge is -2.28. The van der Waals surface area contributed by atoms with Crippen molar-refractivity contribution in [3.8, 4) is 0 Å². The van der Waals surface area contributed by atoms with E-state index in [2.05, 4.69) is 27.0 Å². The Hall–Kier alpha value is -2.04. The van der Waals surface area contributed by atoms with E-state index < -0.39 is 12.6 Å². The topological polar surface area (TPSA) is 62.1 Å². The Labute approximate surface area is 112 Å². The van der Waals surface area contributed by atoms with Crippen molar-refractivity contribution in [1.29, 1.82) is 0 Å². The zero-order valence-electron chi connectivity index (χ0n) is 10.8. The van der Waals surface area contributed by atoms with Crippen LogP contribution in [0.15, 0.2) is 29.4 Å². The van der Waals surface area contributed by atoms with Gasteiger partial charge in [-0.2, -0.15) is 0 Å². The van der Waals surface area contributed by atoms with Crippen molar-refractivity contribution >= 4 is 17.9 Å². The van der Waals surface area contributed by atoms with E-state index in [0.29, 0.717) is 0 Å². The normalized spacial score (nSPS) is 15.7. The van der Waals surface area contributed by atoms with Gasteiger partial charge in [0.1, 0.15) is 0 Å². The van der Waals surface area contributed by atoms with Gasteiger partial charge in [-0.05, 0) is 37.0 Å². The molecule has 0 unspecified atom stereocenters. The predicted molar refractivity (Wildman–Crippen MR) is 73.7 cm³/mol. The third kappa shape index (κ3) is 4.28. The molecule has 0 aromatic heterocycles. The van der Waals surface area contributed by atoms with Gasteiger partial charge >= 0.3 is 5.97 Å². The molecule has 2 rings (SSSR count). The highest BCUT2D eigenvalue weighted by Crippen LogP contribution is 2.19. The number of oxime groups is 1. The summed E-state index contributed by atoms with van der Waals surface area (Å²) in [5.74, 6) is -1.03. The number of benzene rings is 1. The summed E-state index contributed by atoms with van der Waals surface area (Å²) >= 11 is 0. The summed E-state index contributed by atoms with van der Waals surface area (Å²) in [4.78, 5) is 17.2. The maximum Gasteiger partial charge on any atom is 0.344 e. The molecule has 19 heavy (non-hydrogen) atoms. The van der Waals surface area contributed by atoms with Gasteiger partial charge in [-0.3, -0.25) is 0 Å². The van der Waals surface area contributed by atoms with E-state index in [9.17, 15) is 4.79 Å². The SMILES string of the molecule is O=C(O)CON=Cc1ccc(N2CCCCC2)cc1.